The minimum absolute atomic E-state index is 0.183. The molecule has 2 saturated heterocycles. The molecule has 0 saturated carbocycles. The average Bonchev–Trinajstić information content (AvgIpc) is 3.25. The first-order valence-electron chi connectivity index (χ1n) is 8.92. The Labute approximate surface area is 144 Å². The van der Waals surface area contributed by atoms with E-state index in [0.717, 1.165) is 50.7 Å². The van der Waals surface area contributed by atoms with Gasteiger partial charge < -0.3 is 14.5 Å². The van der Waals surface area contributed by atoms with Crippen molar-refractivity contribution in [3.8, 4) is 5.75 Å². The number of aromatic nitrogens is 1. The lowest BCUT2D eigenvalue weighted by atomic mass is 10.3. The maximum absolute atomic E-state index is 11.7. The summed E-state index contributed by atoms with van der Waals surface area (Å²) in [6.07, 6.45) is 6.06. The normalized spacial score (nSPS) is 21.2. The second-order valence-corrected chi connectivity index (χ2v) is 6.89. The summed E-state index contributed by atoms with van der Waals surface area (Å²) in [4.78, 5) is 22.5. The molecule has 2 aliphatic rings. The molecule has 0 aliphatic carbocycles. The summed E-state index contributed by atoms with van der Waals surface area (Å²) in [5.41, 5.74) is 0. The van der Waals surface area contributed by atoms with Gasteiger partial charge in [-0.15, -0.1) is 0 Å². The Morgan fingerprint density at radius 2 is 2.12 bits per heavy atom. The molecule has 0 N–H and O–H groups in total. The van der Waals surface area contributed by atoms with Crippen molar-refractivity contribution >= 4 is 11.7 Å². The number of pyridine rings is 1. The van der Waals surface area contributed by atoms with Gasteiger partial charge in [-0.2, -0.15) is 0 Å². The van der Waals surface area contributed by atoms with Crippen molar-refractivity contribution in [2.75, 3.05) is 51.7 Å². The Morgan fingerprint density at radius 1 is 1.33 bits per heavy atom. The molecule has 2 aliphatic heterocycles. The Morgan fingerprint density at radius 3 is 2.88 bits per heavy atom. The summed E-state index contributed by atoms with van der Waals surface area (Å²) < 4.78 is 6.26. The highest BCUT2D eigenvalue weighted by molar-refractivity contribution is 5.75. The summed E-state index contributed by atoms with van der Waals surface area (Å²) in [5, 5.41) is 0. The molecule has 6 heteroatoms. The molecule has 2 fully saturated rings. The fourth-order valence-corrected chi connectivity index (χ4v) is 3.39. The third kappa shape index (κ3) is 4.17. The SMILES string of the molecule is CN(C)C(=O)CCN1CC[C@@H](Oc2cccnc2N2CCCC2)C1. The van der Waals surface area contributed by atoms with E-state index in [1.807, 2.05) is 18.3 Å². The van der Waals surface area contributed by atoms with Gasteiger partial charge in [-0.05, 0) is 31.4 Å². The fraction of sp³-hybridized carbons (Fsp3) is 0.667. The number of hydrogen-bond donors (Lipinski definition) is 0. The van der Waals surface area contributed by atoms with Gasteiger partial charge in [-0.3, -0.25) is 9.69 Å². The van der Waals surface area contributed by atoms with E-state index in [2.05, 4.69) is 14.8 Å². The number of carbonyl (C=O) groups excluding carboxylic acids is 1. The molecule has 1 aromatic heterocycles. The summed E-state index contributed by atoms with van der Waals surface area (Å²) in [7, 11) is 3.61. The van der Waals surface area contributed by atoms with Crippen molar-refractivity contribution in [3.63, 3.8) is 0 Å². The zero-order valence-electron chi connectivity index (χ0n) is 14.8. The van der Waals surface area contributed by atoms with Crippen LogP contribution < -0.4 is 9.64 Å². The molecule has 3 heterocycles. The van der Waals surface area contributed by atoms with Gasteiger partial charge in [0.2, 0.25) is 5.91 Å². The summed E-state index contributed by atoms with van der Waals surface area (Å²) in [6, 6.07) is 3.97. The van der Waals surface area contributed by atoms with Crippen LogP contribution in [0.5, 0.6) is 5.75 Å². The van der Waals surface area contributed by atoms with E-state index in [-0.39, 0.29) is 12.0 Å². The number of hydrogen-bond acceptors (Lipinski definition) is 5. The highest BCUT2D eigenvalue weighted by atomic mass is 16.5. The maximum atomic E-state index is 11.7. The summed E-state index contributed by atoms with van der Waals surface area (Å²) in [6.45, 7) is 4.82. The van der Waals surface area contributed by atoms with Gasteiger partial charge in [-0.25, -0.2) is 4.98 Å². The van der Waals surface area contributed by atoms with Crippen LogP contribution in [-0.2, 0) is 4.79 Å². The number of carbonyl (C=O) groups is 1. The molecule has 6 nitrogen and oxygen atoms in total. The van der Waals surface area contributed by atoms with Gasteiger partial charge in [0.1, 0.15) is 6.10 Å². The van der Waals surface area contributed by atoms with Crippen LogP contribution in [-0.4, -0.2) is 73.6 Å². The number of rotatable bonds is 6. The van der Waals surface area contributed by atoms with Crippen LogP contribution >= 0.6 is 0 Å². The monoisotopic (exact) mass is 332 g/mol. The molecule has 0 bridgehead atoms. The van der Waals surface area contributed by atoms with E-state index in [1.54, 1.807) is 19.0 Å². The van der Waals surface area contributed by atoms with E-state index in [0.29, 0.717) is 6.42 Å². The molecule has 0 unspecified atom stereocenters. The van der Waals surface area contributed by atoms with Gasteiger partial charge >= 0.3 is 0 Å². The number of ether oxygens (including phenoxy) is 1. The molecule has 0 aromatic carbocycles. The minimum Gasteiger partial charge on any atom is -0.485 e. The van der Waals surface area contributed by atoms with Crippen LogP contribution in [0.25, 0.3) is 0 Å². The smallest absolute Gasteiger partial charge is 0.223 e. The van der Waals surface area contributed by atoms with E-state index >= 15 is 0 Å². The fourth-order valence-electron chi connectivity index (χ4n) is 3.39. The standard InChI is InChI=1S/C18H28N4O2/c1-20(2)17(23)8-13-21-12-7-15(14-21)24-16-6-5-9-19-18(16)22-10-3-4-11-22/h5-6,9,15H,3-4,7-8,10-14H2,1-2H3/t15-/m1/s1. The van der Waals surface area contributed by atoms with Crippen LogP contribution in [0.1, 0.15) is 25.7 Å². The Kier molecular flexibility index (Phi) is 5.56. The Balaban J connectivity index is 1.53. The predicted octanol–water partition coefficient (Wildman–Crippen LogP) is 1.61. The maximum Gasteiger partial charge on any atom is 0.223 e. The zero-order valence-corrected chi connectivity index (χ0v) is 14.8. The van der Waals surface area contributed by atoms with Crippen molar-refractivity contribution in [1.29, 1.82) is 0 Å². The first kappa shape index (κ1) is 17.0. The highest BCUT2D eigenvalue weighted by Gasteiger charge is 2.26. The molecule has 1 amide bonds. The van der Waals surface area contributed by atoms with Crippen LogP contribution in [0.15, 0.2) is 18.3 Å². The highest BCUT2D eigenvalue weighted by Crippen LogP contribution is 2.30. The predicted molar refractivity (Wildman–Crippen MR) is 94.5 cm³/mol. The molecule has 1 aromatic rings. The van der Waals surface area contributed by atoms with Crippen LogP contribution in [0, 0.1) is 0 Å². The molecule has 24 heavy (non-hydrogen) atoms. The largest absolute Gasteiger partial charge is 0.485 e. The van der Waals surface area contributed by atoms with Gasteiger partial charge in [-0.1, -0.05) is 0 Å². The zero-order chi connectivity index (χ0) is 16.9. The number of likely N-dealkylation sites (tertiary alicyclic amines) is 1. The van der Waals surface area contributed by atoms with Crippen LogP contribution in [0.3, 0.4) is 0 Å². The van der Waals surface area contributed by atoms with Crippen molar-refractivity contribution in [3.05, 3.63) is 18.3 Å². The minimum atomic E-state index is 0.183. The van der Waals surface area contributed by atoms with Crippen LogP contribution in [0.4, 0.5) is 5.82 Å². The third-order valence-corrected chi connectivity index (χ3v) is 4.82. The molecule has 0 spiro atoms. The van der Waals surface area contributed by atoms with E-state index in [1.165, 1.54) is 12.8 Å². The Bertz CT molecular complexity index is 558. The second-order valence-electron chi connectivity index (χ2n) is 6.89. The van der Waals surface area contributed by atoms with Crippen molar-refractivity contribution in [2.45, 2.75) is 31.8 Å². The van der Waals surface area contributed by atoms with Crippen molar-refractivity contribution in [2.24, 2.45) is 0 Å². The quantitative estimate of drug-likeness (QED) is 0.792. The lowest BCUT2D eigenvalue weighted by molar-refractivity contribution is -0.129. The average molecular weight is 332 g/mol. The molecule has 132 valence electrons. The summed E-state index contributed by atoms with van der Waals surface area (Å²) >= 11 is 0. The molecular formula is C18H28N4O2. The van der Waals surface area contributed by atoms with Gasteiger partial charge in [0, 0.05) is 59.4 Å². The lowest BCUT2D eigenvalue weighted by Crippen LogP contribution is -2.30. The number of amides is 1. The van der Waals surface area contributed by atoms with Crippen molar-refractivity contribution in [1.82, 2.24) is 14.8 Å². The third-order valence-electron chi connectivity index (χ3n) is 4.82. The van der Waals surface area contributed by atoms with Crippen molar-refractivity contribution < 1.29 is 9.53 Å². The van der Waals surface area contributed by atoms with Gasteiger partial charge in [0.25, 0.3) is 0 Å². The molecule has 1 atom stereocenters. The number of nitrogens with zero attached hydrogens (tertiary/aromatic N) is 4. The first-order valence-corrected chi connectivity index (χ1v) is 8.92. The van der Waals surface area contributed by atoms with Gasteiger partial charge in [0.15, 0.2) is 11.6 Å². The van der Waals surface area contributed by atoms with Gasteiger partial charge in [0.05, 0.1) is 0 Å². The lowest BCUT2D eigenvalue weighted by Gasteiger charge is -2.22. The molecular weight excluding hydrogens is 304 g/mol. The molecule has 3 rings (SSSR count). The van der Waals surface area contributed by atoms with E-state index in [4.69, 9.17) is 4.74 Å². The van der Waals surface area contributed by atoms with E-state index < -0.39 is 0 Å². The van der Waals surface area contributed by atoms with E-state index in [9.17, 15) is 4.79 Å². The molecule has 0 radical (unpaired) electrons. The summed E-state index contributed by atoms with van der Waals surface area (Å²) in [5.74, 6) is 2.06. The topological polar surface area (TPSA) is 48.9 Å². The second kappa shape index (κ2) is 7.83. The number of anilines is 1. The van der Waals surface area contributed by atoms with Crippen LogP contribution in [0.2, 0.25) is 0 Å². The Hall–Kier alpha value is -1.82. The first-order chi connectivity index (χ1) is 11.6.